The molecular formula is C15H22N2O4. The topological polar surface area (TPSA) is 90.6 Å². The second-order valence-electron chi connectivity index (χ2n) is 4.57. The maximum atomic E-state index is 12.1. The Morgan fingerprint density at radius 1 is 1.19 bits per heavy atom. The molecule has 1 aromatic rings. The van der Waals surface area contributed by atoms with Crippen molar-refractivity contribution in [3.05, 3.63) is 23.8 Å². The highest BCUT2D eigenvalue weighted by atomic mass is 16.5. The highest BCUT2D eigenvalue weighted by Crippen LogP contribution is 2.28. The molecule has 1 unspecified atom stereocenters. The lowest BCUT2D eigenvalue weighted by molar-refractivity contribution is -0.118. The first-order valence-electron chi connectivity index (χ1n) is 6.96. The highest BCUT2D eigenvalue weighted by molar-refractivity contribution is 5.95. The number of carbonyl (C=O) groups is 2. The van der Waals surface area contributed by atoms with E-state index in [-0.39, 0.29) is 18.4 Å². The highest BCUT2D eigenvalue weighted by Gasteiger charge is 2.14. The number of amides is 2. The molecule has 0 aliphatic rings. The predicted molar refractivity (Wildman–Crippen MR) is 79.5 cm³/mol. The normalized spacial score (nSPS) is 11.6. The van der Waals surface area contributed by atoms with E-state index >= 15 is 0 Å². The van der Waals surface area contributed by atoms with Gasteiger partial charge in [0.1, 0.15) is 0 Å². The quantitative estimate of drug-likeness (QED) is 0.759. The first-order chi connectivity index (χ1) is 9.97. The minimum atomic E-state index is -0.454. The zero-order valence-electron chi connectivity index (χ0n) is 12.6. The molecule has 1 aromatic carbocycles. The Bertz CT molecular complexity index is 502. The third-order valence-corrected chi connectivity index (χ3v) is 2.69. The molecular weight excluding hydrogens is 272 g/mol. The summed E-state index contributed by atoms with van der Waals surface area (Å²) in [4.78, 5) is 22.9. The van der Waals surface area contributed by atoms with Gasteiger partial charge in [0.25, 0.3) is 5.91 Å². The van der Waals surface area contributed by atoms with Gasteiger partial charge in [-0.1, -0.05) is 0 Å². The van der Waals surface area contributed by atoms with Crippen molar-refractivity contribution in [2.75, 3.05) is 13.2 Å². The number of benzene rings is 1. The molecule has 116 valence electrons. The summed E-state index contributed by atoms with van der Waals surface area (Å²) in [6, 6.07) is 4.65. The number of carbonyl (C=O) groups excluding carboxylic acids is 2. The van der Waals surface area contributed by atoms with Crippen LogP contribution in [0.5, 0.6) is 11.5 Å². The average Bonchev–Trinajstić information content (AvgIpc) is 2.40. The number of ether oxygens (including phenoxy) is 2. The van der Waals surface area contributed by atoms with Crippen LogP contribution in [-0.4, -0.2) is 31.1 Å². The molecule has 21 heavy (non-hydrogen) atoms. The van der Waals surface area contributed by atoms with Crippen molar-refractivity contribution in [3.63, 3.8) is 0 Å². The van der Waals surface area contributed by atoms with E-state index in [1.54, 1.807) is 25.1 Å². The minimum Gasteiger partial charge on any atom is -0.490 e. The number of hydrogen-bond donors (Lipinski definition) is 2. The summed E-state index contributed by atoms with van der Waals surface area (Å²) >= 11 is 0. The summed E-state index contributed by atoms with van der Waals surface area (Å²) in [7, 11) is 0. The molecule has 0 heterocycles. The Kier molecular flexibility index (Phi) is 6.52. The lowest BCUT2D eigenvalue weighted by Crippen LogP contribution is -2.35. The summed E-state index contributed by atoms with van der Waals surface area (Å²) in [6.07, 6.45) is 0.0983. The Labute approximate surface area is 124 Å². The largest absolute Gasteiger partial charge is 0.490 e. The molecule has 0 aromatic heterocycles. The van der Waals surface area contributed by atoms with Crippen molar-refractivity contribution in [2.45, 2.75) is 33.2 Å². The second-order valence-corrected chi connectivity index (χ2v) is 4.57. The maximum absolute atomic E-state index is 12.1. The zero-order chi connectivity index (χ0) is 15.8. The van der Waals surface area contributed by atoms with E-state index in [1.165, 1.54) is 0 Å². The Hall–Kier alpha value is -2.24. The van der Waals surface area contributed by atoms with Crippen LogP contribution >= 0.6 is 0 Å². The monoisotopic (exact) mass is 294 g/mol. The summed E-state index contributed by atoms with van der Waals surface area (Å²) in [5.41, 5.74) is 5.54. The van der Waals surface area contributed by atoms with Gasteiger partial charge in [-0.3, -0.25) is 9.59 Å². The van der Waals surface area contributed by atoms with Crippen LogP contribution in [0.25, 0.3) is 0 Å². The van der Waals surface area contributed by atoms with E-state index < -0.39 is 5.91 Å². The van der Waals surface area contributed by atoms with Crippen molar-refractivity contribution in [3.8, 4) is 11.5 Å². The number of hydrogen-bond acceptors (Lipinski definition) is 4. The van der Waals surface area contributed by atoms with Gasteiger partial charge in [0.2, 0.25) is 5.91 Å². The predicted octanol–water partition coefficient (Wildman–Crippen LogP) is 1.48. The molecule has 0 saturated heterocycles. The van der Waals surface area contributed by atoms with Crippen LogP contribution < -0.4 is 20.5 Å². The van der Waals surface area contributed by atoms with Gasteiger partial charge >= 0.3 is 0 Å². The molecule has 0 saturated carbocycles. The summed E-state index contributed by atoms with van der Waals surface area (Å²) in [6.45, 7) is 6.45. The second kappa shape index (κ2) is 8.14. The first-order valence-corrected chi connectivity index (χ1v) is 6.96. The minimum absolute atomic E-state index is 0.0983. The number of nitrogens with two attached hydrogens (primary N) is 1. The molecule has 0 radical (unpaired) electrons. The van der Waals surface area contributed by atoms with Crippen LogP contribution in [0.2, 0.25) is 0 Å². The van der Waals surface area contributed by atoms with E-state index in [1.807, 2.05) is 13.8 Å². The van der Waals surface area contributed by atoms with Crippen LogP contribution in [0, 0.1) is 0 Å². The third kappa shape index (κ3) is 5.33. The molecule has 0 aliphatic carbocycles. The number of rotatable bonds is 8. The van der Waals surface area contributed by atoms with Crippen LogP contribution in [0.4, 0.5) is 0 Å². The molecule has 1 atom stereocenters. The Morgan fingerprint density at radius 2 is 1.81 bits per heavy atom. The molecule has 0 bridgehead atoms. The summed E-state index contributed by atoms with van der Waals surface area (Å²) in [5.74, 6) is 0.382. The molecule has 6 heteroatoms. The molecule has 2 amide bonds. The fraction of sp³-hybridized carbons (Fsp3) is 0.467. The van der Waals surface area contributed by atoms with Crippen molar-refractivity contribution in [2.24, 2.45) is 5.73 Å². The fourth-order valence-corrected chi connectivity index (χ4v) is 1.85. The molecule has 0 spiro atoms. The van der Waals surface area contributed by atoms with Crippen LogP contribution in [0.15, 0.2) is 18.2 Å². The Morgan fingerprint density at radius 3 is 2.38 bits per heavy atom. The van der Waals surface area contributed by atoms with Gasteiger partial charge in [-0.15, -0.1) is 0 Å². The zero-order valence-corrected chi connectivity index (χ0v) is 12.6. The lowest BCUT2D eigenvalue weighted by atomic mass is 10.1. The fourth-order valence-electron chi connectivity index (χ4n) is 1.85. The SMILES string of the molecule is CCOc1ccc(C(=O)NC(C)CC(N)=O)cc1OCC. The number of nitrogens with one attached hydrogen (secondary N) is 1. The van der Waals surface area contributed by atoms with E-state index in [0.717, 1.165) is 0 Å². The van der Waals surface area contributed by atoms with E-state index in [9.17, 15) is 9.59 Å². The third-order valence-electron chi connectivity index (χ3n) is 2.69. The van der Waals surface area contributed by atoms with Gasteiger partial charge in [-0.2, -0.15) is 0 Å². The van der Waals surface area contributed by atoms with Gasteiger partial charge in [0.15, 0.2) is 11.5 Å². The van der Waals surface area contributed by atoms with Crippen LogP contribution in [0.1, 0.15) is 37.6 Å². The standard InChI is InChI=1S/C15H22N2O4/c1-4-20-12-7-6-11(9-13(12)21-5-2)15(19)17-10(3)8-14(16)18/h6-7,9-10H,4-5,8H2,1-3H3,(H2,16,18)(H,17,19). The van der Waals surface area contributed by atoms with Gasteiger partial charge < -0.3 is 20.5 Å². The van der Waals surface area contributed by atoms with Crippen molar-refractivity contribution < 1.29 is 19.1 Å². The van der Waals surface area contributed by atoms with E-state index in [0.29, 0.717) is 30.3 Å². The van der Waals surface area contributed by atoms with Crippen molar-refractivity contribution in [1.82, 2.24) is 5.32 Å². The summed E-state index contributed by atoms with van der Waals surface area (Å²) in [5, 5.41) is 2.71. The molecule has 1 rings (SSSR count). The van der Waals surface area contributed by atoms with E-state index in [4.69, 9.17) is 15.2 Å². The molecule has 3 N–H and O–H groups in total. The van der Waals surface area contributed by atoms with E-state index in [2.05, 4.69) is 5.32 Å². The van der Waals surface area contributed by atoms with Crippen molar-refractivity contribution >= 4 is 11.8 Å². The van der Waals surface area contributed by atoms with Gasteiger partial charge in [0.05, 0.1) is 13.2 Å². The first kappa shape index (κ1) is 16.8. The Balaban J connectivity index is 2.84. The average molecular weight is 294 g/mol. The molecule has 0 fully saturated rings. The molecule has 6 nitrogen and oxygen atoms in total. The van der Waals surface area contributed by atoms with Gasteiger partial charge in [-0.25, -0.2) is 0 Å². The summed E-state index contributed by atoms with van der Waals surface area (Å²) < 4.78 is 10.9. The maximum Gasteiger partial charge on any atom is 0.251 e. The smallest absolute Gasteiger partial charge is 0.251 e. The van der Waals surface area contributed by atoms with Gasteiger partial charge in [0, 0.05) is 18.0 Å². The van der Waals surface area contributed by atoms with Crippen LogP contribution in [-0.2, 0) is 4.79 Å². The van der Waals surface area contributed by atoms with Gasteiger partial charge in [-0.05, 0) is 39.0 Å². The number of primary amides is 1. The van der Waals surface area contributed by atoms with Crippen molar-refractivity contribution in [1.29, 1.82) is 0 Å². The molecule has 0 aliphatic heterocycles. The lowest BCUT2D eigenvalue weighted by Gasteiger charge is -2.14. The van der Waals surface area contributed by atoms with Crippen LogP contribution in [0.3, 0.4) is 0 Å².